The van der Waals surface area contributed by atoms with Gasteiger partial charge in [0.25, 0.3) is 0 Å². The van der Waals surface area contributed by atoms with Crippen LogP contribution in [-0.4, -0.2) is 34.6 Å². The van der Waals surface area contributed by atoms with Crippen molar-refractivity contribution in [2.75, 3.05) is 13.2 Å². The summed E-state index contributed by atoms with van der Waals surface area (Å²) in [6.07, 6.45) is 2.98. The van der Waals surface area contributed by atoms with Gasteiger partial charge in [-0.3, -0.25) is 0 Å². The Balaban J connectivity index is 2.67. The molecule has 0 saturated carbocycles. The maximum Gasteiger partial charge on any atom is 0.187 e. The molecule has 0 aliphatic heterocycles. The van der Waals surface area contributed by atoms with E-state index >= 15 is 0 Å². The minimum absolute atomic E-state index is 0.482. The number of nitrogens with zero attached hydrogens (tertiary/aromatic N) is 2. The molecule has 1 aromatic rings. The van der Waals surface area contributed by atoms with Crippen LogP contribution in [0.2, 0.25) is 0 Å². The first-order valence-electron chi connectivity index (χ1n) is 4.95. The number of aliphatic hydroxyl groups is 1. The van der Waals surface area contributed by atoms with Gasteiger partial charge in [0.15, 0.2) is 6.29 Å². The van der Waals surface area contributed by atoms with E-state index in [1.165, 1.54) is 6.33 Å². The van der Waals surface area contributed by atoms with Crippen LogP contribution in [0.1, 0.15) is 25.5 Å². The van der Waals surface area contributed by atoms with Gasteiger partial charge in [-0.25, -0.2) is 9.97 Å². The Kier molecular flexibility index (Phi) is 5.17. The summed E-state index contributed by atoms with van der Waals surface area (Å²) in [5.74, 6) is 0. The van der Waals surface area contributed by atoms with Gasteiger partial charge in [0.05, 0.1) is 0 Å². The first-order valence-corrected chi connectivity index (χ1v) is 4.95. The fourth-order valence-electron chi connectivity index (χ4n) is 1.18. The van der Waals surface area contributed by atoms with Crippen LogP contribution in [0.3, 0.4) is 0 Å². The van der Waals surface area contributed by atoms with E-state index < -0.39 is 12.4 Å². The smallest absolute Gasteiger partial charge is 0.187 e. The van der Waals surface area contributed by atoms with Crippen molar-refractivity contribution in [1.82, 2.24) is 9.97 Å². The molecule has 0 amide bonds. The summed E-state index contributed by atoms with van der Waals surface area (Å²) in [5, 5.41) is 9.91. The lowest BCUT2D eigenvalue weighted by molar-refractivity contribution is -0.191. The molecule has 0 radical (unpaired) electrons. The number of hydrogen-bond donors (Lipinski definition) is 1. The van der Waals surface area contributed by atoms with Crippen molar-refractivity contribution < 1.29 is 14.6 Å². The number of rotatable bonds is 6. The van der Waals surface area contributed by atoms with Crippen molar-refractivity contribution in [2.24, 2.45) is 0 Å². The van der Waals surface area contributed by atoms with Crippen molar-refractivity contribution in [3.8, 4) is 0 Å². The Morgan fingerprint density at radius 3 is 2.20 bits per heavy atom. The SMILES string of the molecule is CCOC(OCC)C(O)c1cncnc1. The standard InChI is InChI=1S/C10H16N2O3/c1-3-14-10(15-4-2)9(13)8-5-11-7-12-6-8/h5-7,9-10,13H,3-4H2,1-2H3. The topological polar surface area (TPSA) is 64.5 Å². The molecule has 0 aliphatic carbocycles. The second-order valence-corrected chi connectivity index (χ2v) is 2.90. The summed E-state index contributed by atoms with van der Waals surface area (Å²) in [4.78, 5) is 7.65. The maximum atomic E-state index is 9.91. The van der Waals surface area contributed by atoms with E-state index in [-0.39, 0.29) is 0 Å². The molecular weight excluding hydrogens is 196 g/mol. The van der Waals surface area contributed by atoms with Crippen LogP contribution in [0.15, 0.2) is 18.7 Å². The quantitative estimate of drug-likeness (QED) is 0.710. The monoisotopic (exact) mass is 212 g/mol. The van der Waals surface area contributed by atoms with Crippen LogP contribution in [-0.2, 0) is 9.47 Å². The number of aliphatic hydroxyl groups excluding tert-OH is 1. The van der Waals surface area contributed by atoms with E-state index in [4.69, 9.17) is 9.47 Å². The molecule has 1 rings (SSSR count). The lowest BCUT2D eigenvalue weighted by atomic mass is 10.2. The van der Waals surface area contributed by atoms with Crippen molar-refractivity contribution in [1.29, 1.82) is 0 Å². The first-order chi connectivity index (χ1) is 7.29. The highest BCUT2D eigenvalue weighted by Gasteiger charge is 2.21. The van der Waals surface area contributed by atoms with Crippen molar-refractivity contribution in [3.05, 3.63) is 24.3 Å². The van der Waals surface area contributed by atoms with Gasteiger partial charge < -0.3 is 14.6 Å². The third-order valence-corrected chi connectivity index (χ3v) is 1.84. The Morgan fingerprint density at radius 1 is 1.20 bits per heavy atom. The van der Waals surface area contributed by atoms with Gasteiger partial charge in [-0.15, -0.1) is 0 Å². The highest BCUT2D eigenvalue weighted by molar-refractivity contribution is 5.07. The van der Waals surface area contributed by atoms with E-state index in [0.717, 1.165) is 0 Å². The zero-order chi connectivity index (χ0) is 11.1. The highest BCUT2D eigenvalue weighted by Crippen LogP contribution is 2.18. The first kappa shape index (κ1) is 12.0. The molecule has 1 atom stereocenters. The van der Waals surface area contributed by atoms with Crippen LogP contribution in [0.5, 0.6) is 0 Å². The van der Waals surface area contributed by atoms with Crippen molar-refractivity contribution >= 4 is 0 Å². The summed E-state index contributed by atoms with van der Waals surface area (Å²) in [6.45, 7) is 4.66. The normalized spacial score (nSPS) is 13.1. The minimum Gasteiger partial charge on any atom is -0.383 e. The molecule has 5 heteroatoms. The average Bonchev–Trinajstić information content (AvgIpc) is 2.29. The van der Waals surface area contributed by atoms with Crippen LogP contribution in [0.25, 0.3) is 0 Å². The highest BCUT2D eigenvalue weighted by atomic mass is 16.7. The third kappa shape index (κ3) is 3.54. The lowest BCUT2D eigenvalue weighted by Gasteiger charge is -2.22. The Hall–Kier alpha value is -1.04. The Morgan fingerprint density at radius 2 is 1.73 bits per heavy atom. The third-order valence-electron chi connectivity index (χ3n) is 1.84. The molecule has 5 nitrogen and oxygen atoms in total. The predicted octanol–water partition coefficient (Wildman–Crippen LogP) is 0.909. The molecule has 15 heavy (non-hydrogen) atoms. The molecule has 0 aliphatic rings. The number of hydrogen-bond acceptors (Lipinski definition) is 5. The molecule has 0 bridgehead atoms. The van der Waals surface area contributed by atoms with Gasteiger partial charge in [-0.05, 0) is 13.8 Å². The van der Waals surface area contributed by atoms with Gasteiger partial charge in [-0.1, -0.05) is 0 Å². The Labute approximate surface area is 89.1 Å². The molecule has 0 spiro atoms. The summed E-state index contributed by atoms with van der Waals surface area (Å²) < 4.78 is 10.5. The van der Waals surface area contributed by atoms with Gasteiger partial charge in [0, 0.05) is 31.2 Å². The number of aromatic nitrogens is 2. The van der Waals surface area contributed by atoms with Crippen LogP contribution >= 0.6 is 0 Å². The van der Waals surface area contributed by atoms with Gasteiger partial charge in [-0.2, -0.15) is 0 Å². The molecular formula is C10H16N2O3. The molecule has 1 aromatic heterocycles. The second-order valence-electron chi connectivity index (χ2n) is 2.90. The zero-order valence-corrected chi connectivity index (χ0v) is 8.96. The van der Waals surface area contributed by atoms with Gasteiger partial charge in [0.1, 0.15) is 12.4 Å². The van der Waals surface area contributed by atoms with E-state index in [1.807, 2.05) is 13.8 Å². The summed E-state index contributed by atoms with van der Waals surface area (Å²) >= 11 is 0. The Bertz CT molecular complexity index is 263. The fourth-order valence-corrected chi connectivity index (χ4v) is 1.18. The van der Waals surface area contributed by atoms with Gasteiger partial charge in [0.2, 0.25) is 0 Å². The maximum absolute atomic E-state index is 9.91. The van der Waals surface area contributed by atoms with E-state index in [1.54, 1.807) is 12.4 Å². The van der Waals surface area contributed by atoms with Crippen LogP contribution in [0.4, 0.5) is 0 Å². The zero-order valence-electron chi connectivity index (χ0n) is 8.96. The molecule has 1 heterocycles. The molecule has 1 unspecified atom stereocenters. The largest absolute Gasteiger partial charge is 0.383 e. The number of ether oxygens (including phenoxy) is 2. The second kappa shape index (κ2) is 6.44. The average molecular weight is 212 g/mol. The van der Waals surface area contributed by atoms with Crippen LogP contribution in [0, 0.1) is 0 Å². The molecule has 0 fully saturated rings. The minimum atomic E-state index is -0.855. The molecule has 0 aromatic carbocycles. The summed E-state index contributed by atoms with van der Waals surface area (Å²) in [5.41, 5.74) is 0.587. The lowest BCUT2D eigenvalue weighted by Crippen LogP contribution is -2.25. The predicted molar refractivity (Wildman–Crippen MR) is 54.0 cm³/mol. The molecule has 1 N–H and O–H groups in total. The van der Waals surface area contributed by atoms with Crippen LogP contribution < -0.4 is 0 Å². The molecule has 84 valence electrons. The van der Waals surface area contributed by atoms with E-state index in [0.29, 0.717) is 18.8 Å². The van der Waals surface area contributed by atoms with E-state index in [2.05, 4.69) is 9.97 Å². The fraction of sp³-hybridized carbons (Fsp3) is 0.600. The van der Waals surface area contributed by atoms with Crippen molar-refractivity contribution in [2.45, 2.75) is 26.2 Å². The van der Waals surface area contributed by atoms with Crippen molar-refractivity contribution in [3.63, 3.8) is 0 Å². The summed E-state index contributed by atoms with van der Waals surface area (Å²) in [7, 11) is 0. The summed E-state index contributed by atoms with van der Waals surface area (Å²) in [6, 6.07) is 0. The molecule has 0 saturated heterocycles. The van der Waals surface area contributed by atoms with E-state index in [9.17, 15) is 5.11 Å². The van der Waals surface area contributed by atoms with Gasteiger partial charge >= 0.3 is 0 Å².